The molecule has 0 bridgehead atoms. The van der Waals surface area contributed by atoms with Crippen molar-refractivity contribution in [3.63, 3.8) is 0 Å². The van der Waals surface area contributed by atoms with Gasteiger partial charge < -0.3 is 9.67 Å². The number of aryl methyl sites for hydroxylation is 2. The van der Waals surface area contributed by atoms with Gasteiger partial charge in [0.15, 0.2) is 0 Å². The van der Waals surface area contributed by atoms with E-state index in [4.69, 9.17) is 5.11 Å². The fourth-order valence-electron chi connectivity index (χ4n) is 0.856. The molecule has 0 aromatic carbocycles. The standard InChI is InChI=1S/C7H10N2O2.BrH/c1-9-5-4-8-6(9)2-3-7(10)11;/h4-5H,2-3H2,1H3,(H,10,11);1H. The molecule has 4 nitrogen and oxygen atoms in total. The summed E-state index contributed by atoms with van der Waals surface area (Å²) in [6, 6.07) is 0. The number of aromatic nitrogens is 2. The van der Waals surface area contributed by atoms with E-state index >= 15 is 0 Å². The molecule has 0 spiro atoms. The van der Waals surface area contributed by atoms with Gasteiger partial charge in [-0.25, -0.2) is 4.98 Å². The molecule has 0 aliphatic rings. The summed E-state index contributed by atoms with van der Waals surface area (Å²) in [6.07, 6.45) is 4.11. The minimum Gasteiger partial charge on any atom is -0.481 e. The highest BCUT2D eigenvalue weighted by atomic mass is 79.9. The van der Waals surface area contributed by atoms with E-state index in [1.54, 1.807) is 12.4 Å². The molecular formula is C7H11BrN2O2. The van der Waals surface area contributed by atoms with Crippen LogP contribution in [-0.4, -0.2) is 20.6 Å². The van der Waals surface area contributed by atoms with Crippen molar-refractivity contribution in [3.05, 3.63) is 18.2 Å². The highest BCUT2D eigenvalue weighted by Gasteiger charge is 2.01. The van der Waals surface area contributed by atoms with Crippen LogP contribution in [0.25, 0.3) is 0 Å². The summed E-state index contributed by atoms with van der Waals surface area (Å²) in [7, 11) is 1.85. The number of aliphatic carboxylic acids is 1. The second-order valence-corrected chi connectivity index (χ2v) is 2.35. The van der Waals surface area contributed by atoms with E-state index in [0.29, 0.717) is 6.42 Å². The first-order valence-electron chi connectivity index (χ1n) is 3.38. The topological polar surface area (TPSA) is 55.1 Å². The van der Waals surface area contributed by atoms with Gasteiger partial charge in [-0.3, -0.25) is 4.79 Å². The first-order chi connectivity index (χ1) is 5.20. The molecule has 0 unspecified atom stereocenters. The van der Waals surface area contributed by atoms with E-state index in [1.165, 1.54) is 0 Å². The molecule has 68 valence electrons. The Morgan fingerprint density at radius 2 is 2.42 bits per heavy atom. The van der Waals surface area contributed by atoms with Crippen LogP contribution in [-0.2, 0) is 18.3 Å². The molecule has 1 rings (SSSR count). The van der Waals surface area contributed by atoms with Crippen LogP contribution < -0.4 is 0 Å². The zero-order valence-electron chi connectivity index (χ0n) is 6.73. The maximum atomic E-state index is 10.2. The summed E-state index contributed by atoms with van der Waals surface area (Å²) in [5.74, 6) is 0.0281. The Labute approximate surface area is 81.0 Å². The predicted molar refractivity (Wildman–Crippen MR) is 49.5 cm³/mol. The van der Waals surface area contributed by atoms with E-state index in [0.717, 1.165) is 5.82 Å². The average molecular weight is 235 g/mol. The van der Waals surface area contributed by atoms with Gasteiger partial charge in [0, 0.05) is 25.9 Å². The van der Waals surface area contributed by atoms with Crippen LogP contribution in [0.15, 0.2) is 12.4 Å². The highest BCUT2D eigenvalue weighted by Crippen LogP contribution is 1.97. The quantitative estimate of drug-likeness (QED) is 0.850. The van der Waals surface area contributed by atoms with Gasteiger partial charge in [-0.15, -0.1) is 17.0 Å². The molecule has 1 aromatic rings. The van der Waals surface area contributed by atoms with Crippen molar-refractivity contribution >= 4 is 23.0 Å². The summed E-state index contributed by atoms with van der Waals surface area (Å²) >= 11 is 0. The van der Waals surface area contributed by atoms with Gasteiger partial charge in [0.25, 0.3) is 0 Å². The number of carbonyl (C=O) groups is 1. The number of halogens is 1. The number of carboxylic acids is 1. The third-order valence-corrected chi connectivity index (χ3v) is 1.48. The Bertz CT molecular complexity index is 260. The normalized spacial score (nSPS) is 9.08. The molecule has 1 heterocycles. The number of hydrogen-bond acceptors (Lipinski definition) is 2. The number of nitrogens with zero attached hydrogens (tertiary/aromatic N) is 2. The number of hydrogen-bond donors (Lipinski definition) is 1. The van der Waals surface area contributed by atoms with Crippen molar-refractivity contribution in [2.45, 2.75) is 12.8 Å². The summed E-state index contributed by atoms with van der Waals surface area (Å²) < 4.78 is 1.82. The minimum atomic E-state index is -0.784. The van der Waals surface area contributed by atoms with Gasteiger partial charge in [0.1, 0.15) is 5.82 Å². The van der Waals surface area contributed by atoms with E-state index in [2.05, 4.69) is 4.98 Å². The van der Waals surface area contributed by atoms with E-state index < -0.39 is 5.97 Å². The van der Waals surface area contributed by atoms with Gasteiger partial charge >= 0.3 is 5.97 Å². The maximum Gasteiger partial charge on any atom is 0.303 e. The molecule has 0 aliphatic carbocycles. The molecular weight excluding hydrogens is 224 g/mol. The molecule has 1 N–H and O–H groups in total. The summed E-state index contributed by atoms with van der Waals surface area (Å²) in [4.78, 5) is 14.2. The molecule has 0 saturated heterocycles. The Kier molecular flexibility index (Phi) is 4.58. The predicted octanol–water partition coefficient (Wildman–Crippen LogP) is 1.02. The lowest BCUT2D eigenvalue weighted by molar-refractivity contribution is -0.137. The van der Waals surface area contributed by atoms with Crippen LogP contribution in [0.4, 0.5) is 0 Å². The zero-order valence-corrected chi connectivity index (χ0v) is 8.44. The lowest BCUT2D eigenvalue weighted by Gasteiger charge is -1.97. The second kappa shape index (κ2) is 4.92. The highest BCUT2D eigenvalue weighted by molar-refractivity contribution is 8.93. The summed E-state index contributed by atoms with van der Waals surface area (Å²) in [5, 5.41) is 8.37. The zero-order chi connectivity index (χ0) is 8.27. The summed E-state index contributed by atoms with van der Waals surface area (Å²) in [5.41, 5.74) is 0. The number of carboxylic acid groups (broad SMARTS) is 1. The SMILES string of the molecule is Br.Cn1ccnc1CCC(=O)O. The lowest BCUT2D eigenvalue weighted by atomic mass is 10.3. The van der Waals surface area contributed by atoms with Crippen LogP contribution in [0.5, 0.6) is 0 Å². The lowest BCUT2D eigenvalue weighted by Crippen LogP contribution is -2.02. The Morgan fingerprint density at radius 1 is 1.75 bits per heavy atom. The fraction of sp³-hybridized carbons (Fsp3) is 0.429. The van der Waals surface area contributed by atoms with Crippen molar-refractivity contribution in [1.29, 1.82) is 0 Å². The van der Waals surface area contributed by atoms with Crippen molar-refractivity contribution in [2.75, 3.05) is 0 Å². The molecule has 1 aromatic heterocycles. The van der Waals surface area contributed by atoms with Gasteiger partial charge in [0.05, 0.1) is 6.42 Å². The smallest absolute Gasteiger partial charge is 0.303 e. The monoisotopic (exact) mass is 234 g/mol. The van der Waals surface area contributed by atoms with E-state index in [1.807, 2.05) is 11.6 Å². The van der Waals surface area contributed by atoms with Crippen LogP contribution in [0.2, 0.25) is 0 Å². The third kappa shape index (κ3) is 3.04. The first kappa shape index (κ1) is 11.2. The molecule has 0 atom stereocenters. The number of imidazole rings is 1. The molecule has 12 heavy (non-hydrogen) atoms. The van der Waals surface area contributed by atoms with Gasteiger partial charge in [-0.05, 0) is 0 Å². The number of rotatable bonds is 3. The van der Waals surface area contributed by atoms with Crippen LogP contribution in [0.3, 0.4) is 0 Å². The molecule has 5 heteroatoms. The third-order valence-electron chi connectivity index (χ3n) is 1.48. The van der Waals surface area contributed by atoms with Crippen molar-refractivity contribution in [3.8, 4) is 0 Å². The maximum absolute atomic E-state index is 10.2. The van der Waals surface area contributed by atoms with Crippen molar-refractivity contribution in [1.82, 2.24) is 9.55 Å². The molecule has 0 aliphatic heterocycles. The molecule has 0 fully saturated rings. The van der Waals surface area contributed by atoms with E-state index in [9.17, 15) is 4.79 Å². The largest absolute Gasteiger partial charge is 0.481 e. The summed E-state index contributed by atoms with van der Waals surface area (Å²) in [6.45, 7) is 0. The Balaban J connectivity index is 0.00000121. The molecule has 0 saturated carbocycles. The van der Waals surface area contributed by atoms with Gasteiger partial charge in [-0.1, -0.05) is 0 Å². The van der Waals surface area contributed by atoms with Gasteiger partial charge in [0.2, 0.25) is 0 Å². The van der Waals surface area contributed by atoms with Crippen LogP contribution in [0, 0.1) is 0 Å². The first-order valence-corrected chi connectivity index (χ1v) is 3.38. The fourth-order valence-corrected chi connectivity index (χ4v) is 0.856. The van der Waals surface area contributed by atoms with Crippen LogP contribution in [0.1, 0.15) is 12.2 Å². The van der Waals surface area contributed by atoms with E-state index in [-0.39, 0.29) is 23.4 Å². The average Bonchev–Trinajstić information content (AvgIpc) is 2.31. The van der Waals surface area contributed by atoms with Crippen molar-refractivity contribution in [2.24, 2.45) is 7.05 Å². The second-order valence-electron chi connectivity index (χ2n) is 2.35. The van der Waals surface area contributed by atoms with Gasteiger partial charge in [-0.2, -0.15) is 0 Å². The Morgan fingerprint density at radius 3 is 2.83 bits per heavy atom. The van der Waals surface area contributed by atoms with Crippen LogP contribution >= 0.6 is 17.0 Å². The Hall–Kier alpha value is -0.840. The molecule has 0 radical (unpaired) electrons. The van der Waals surface area contributed by atoms with Crippen molar-refractivity contribution < 1.29 is 9.90 Å². The minimum absolute atomic E-state index is 0. The molecule has 0 amide bonds.